The van der Waals surface area contributed by atoms with Crippen molar-refractivity contribution in [3.8, 4) is 0 Å². The molecule has 0 spiro atoms. The van der Waals surface area contributed by atoms with Gasteiger partial charge in [-0.1, -0.05) is 44.2 Å². The number of nitrogens with one attached hydrogen (secondary N) is 3. The van der Waals surface area contributed by atoms with Gasteiger partial charge >= 0.3 is 0 Å². The number of Topliss-reactive ketones (excluding diaryl/α,β-unsaturated/α-hetero) is 1. The average Bonchev–Trinajstić information content (AvgIpc) is 2.57. The van der Waals surface area contributed by atoms with Crippen molar-refractivity contribution in [3.05, 3.63) is 35.9 Å². The van der Waals surface area contributed by atoms with Crippen molar-refractivity contribution >= 4 is 17.6 Å². The number of benzene rings is 1. The van der Waals surface area contributed by atoms with Crippen molar-refractivity contribution in [2.75, 3.05) is 6.54 Å². The quantitative estimate of drug-likeness (QED) is 0.359. The molecule has 0 saturated carbocycles. The zero-order chi connectivity index (χ0) is 18.8. The number of rotatable bonds is 10. The second-order valence-corrected chi connectivity index (χ2v) is 6.52. The van der Waals surface area contributed by atoms with Gasteiger partial charge in [-0.15, -0.1) is 0 Å². The van der Waals surface area contributed by atoms with Gasteiger partial charge in [0, 0.05) is 0 Å². The van der Waals surface area contributed by atoms with Crippen molar-refractivity contribution in [2.45, 2.75) is 45.7 Å². The van der Waals surface area contributed by atoms with E-state index in [0.717, 1.165) is 5.56 Å². The normalized spacial score (nSPS) is 13.2. The van der Waals surface area contributed by atoms with Crippen LogP contribution in [-0.2, 0) is 20.8 Å². The van der Waals surface area contributed by atoms with Crippen LogP contribution in [0.15, 0.2) is 30.3 Å². The van der Waals surface area contributed by atoms with Gasteiger partial charge in [0.2, 0.25) is 11.8 Å². The van der Waals surface area contributed by atoms with Crippen LogP contribution in [0.2, 0.25) is 0 Å². The van der Waals surface area contributed by atoms with E-state index in [-0.39, 0.29) is 30.1 Å². The first kappa shape index (κ1) is 20.8. The summed E-state index contributed by atoms with van der Waals surface area (Å²) < 4.78 is 0. The Morgan fingerprint density at radius 3 is 2.20 bits per heavy atom. The molecule has 0 aliphatic carbocycles. The third-order valence-corrected chi connectivity index (χ3v) is 3.65. The minimum Gasteiger partial charge on any atom is -0.347 e. The number of carbonyl (C=O) groups is 3. The van der Waals surface area contributed by atoms with Gasteiger partial charge < -0.3 is 10.6 Å². The summed E-state index contributed by atoms with van der Waals surface area (Å²) in [5, 5.41) is 5.28. The standard InChI is InChI=1S/C18H28N4O3/c1-12(2)9-15(17(24)20-11-13(3)23)21-18(25)16(22-19)10-14-7-5-4-6-8-14/h4-8,12,15-16,22H,9-11,19H2,1-3H3,(H,20,24)(H,21,25). The van der Waals surface area contributed by atoms with E-state index in [1.165, 1.54) is 6.92 Å². The van der Waals surface area contributed by atoms with E-state index < -0.39 is 12.1 Å². The summed E-state index contributed by atoms with van der Waals surface area (Å²) in [6.07, 6.45) is 0.880. The summed E-state index contributed by atoms with van der Waals surface area (Å²) in [5.74, 6) is 4.85. The van der Waals surface area contributed by atoms with Crippen LogP contribution in [0.4, 0.5) is 0 Å². The first-order chi connectivity index (χ1) is 11.8. The predicted molar refractivity (Wildman–Crippen MR) is 96.3 cm³/mol. The molecule has 138 valence electrons. The lowest BCUT2D eigenvalue weighted by atomic mass is 10.0. The highest BCUT2D eigenvalue weighted by molar-refractivity contribution is 5.91. The van der Waals surface area contributed by atoms with E-state index >= 15 is 0 Å². The molecule has 5 N–H and O–H groups in total. The van der Waals surface area contributed by atoms with Crippen molar-refractivity contribution in [3.63, 3.8) is 0 Å². The van der Waals surface area contributed by atoms with E-state index in [4.69, 9.17) is 5.84 Å². The molecular formula is C18H28N4O3. The highest BCUT2D eigenvalue weighted by atomic mass is 16.2. The molecule has 0 fully saturated rings. The van der Waals surface area contributed by atoms with Crippen LogP contribution in [0.3, 0.4) is 0 Å². The van der Waals surface area contributed by atoms with E-state index in [0.29, 0.717) is 12.8 Å². The molecule has 0 aliphatic heterocycles. The molecule has 0 aliphatic rings. The van der Waals surface area contributed by atoms with Crippen molar-refractivity contribution < 1.29 is 14.4 Å². The molecule has 7 nitrogen and oxygen atoms in total. The third kappa shape index (κ3) is 7.91. The van der Waals surface area contributed by atoms with Gasteiger partial charge in [0.25, 0.3) is 0 Å². The number of hydrogen-bond acceptors (Lipinski definition) is 5. The van der Waals surface area contributed by atoms with Gasteiger partial charge in [0.05, 0.1) is 6.54 Å². The van der Waals surface area contributed by atoms with Crippen molar-refractivity contribution in [1.82, 2.24) is 16.1 Å². The summed E-state index contributed by atoms with van der Waals surface area (Å²) in [6.45, 7) is 5.26. The number of carbonyl (C=O) groups excluding carboxylic acids is 3. The van der Waals surface area contributed by atoms with Gasteiger partial charge in [-0.3, -0.25) is 20.2 Å². The molecule has 0 aromatic heterocycles. The number of ketones is 1. The van der Waals surface area contributed by atoms with Crippen LogP contribution in [-0.4, -0.2) is 36.2 Å². The molecule has 2 unspecified atom stereocenters. The van der Waals surface area contributed by atoms with Gasteiger partial charge in [-0.25, -0.2) is 5.43 Å². The molecule has 1 aromatic carbocycles. The third-order valence-electron chi connectivity index (χ3n) is 3.65. The predicted octanol–water partition coefficient (Wildman–Crippen LogP) is 0.297. The first-order valence-corrected chi connectivity index (χ1v) is 8.41. The van der Waals surface area contributed by atoms with Crippen molar-refractivity contribution in [1.29, 1.82) is 0 Å². The van der Waals surface area contributed by atoms with Gasteiger partial charge in [0.1, 0.15) is 17.9 Å². The monoisotopic (exact) mass is 348 g/mol. The number of hydrogen-bond donors (Lipinski definition) is 4. The lowest BCUT2D eigenvalue weighted by molar-refractivity contribution is -0.131. The Kier molecular flexibility index (Phi) is 8.80. The summed E-state index contributed by atoms with van der Waals surface area (Å²) in [6, 6.07) is 8.11. The maximum atomic E-state index is 12.5. The van der Waals surface area contributed by atoms with E-state index in [1.807, 2.05) is 44.2 Å². The molecule has 2 atom stereocenters. The fourth-order valence-electron chi connectivity index (χ4n) is 2.39. The topological polar surface area (TPSA) is 113 Å². The Morgan fingerprint density at radius 1 is 1.04 bits per heavy atom. The van der Waals surface area contributed by atoms with E-state index in [1.54, 1.807) is 0 Å². The first-order valence-electron chi connectivity index (χ1n) is 8.41. The second-order valence-electron chi connectivity index (χ2n) is 6.52. The van der Waals surface area contributed by atoms with Gasteiger partial charge in [-0.05, 0) is 31.2 Å². The Hall–Kier alpha value is -2.25. The van der Waals surface area contributed by atoms with Crippen LogP contribution >= 0.6 is 0 Å². The largest absolute Gasteiger partial charge is 0.347 e. The maximum Gasteiger partial charge on any atom is 0.242 e. The Balaban J connectivity index is 2.73. The van der Waals surface area contributed by atoms with Crippen molar-refractivity contribution in [2.24, 2.45) is 11.8 Å². The lowest BCUT2D eigenvalue weighted by Gasteiger charge is -2.23. The molecular weight excluding hydrogens is 320 g/mol. The summed E-state index contributed by atoms with van der Waals surface area (Å²) in [4.78, 5) is 35.8. The molecule has 2 amide bonds. The molecule has 0 radical (unpaired) electrons. The van der Waals surface area contributed by atoms with E-state index in [9.17, 15) is 14.4 Å². The maximum absolute atomic E-state index is 12.5. The zero-order valence-corrected chi connectivity index (χ0v) is 15.0. The average molecular weight is 348 g/mol. The van der Waals surface area contributed by atoms with Gasteiger partial charge in [-0.2, -0.15) is 0 Å². The van der Waals surface area contributed by atoms with Crippen LogP contribution in [0.1, 0.15) is 32.8 Å². The summed E-state index contributed by atoms with van der Waals surface area (Å²) >= 11 is 0. The van der Waals surface area contributed by atoms with Crippen LogP contribution in [0, 0.1) is 5.92 Å². The molecule has 1 aromatic rings. The summed E-state index contributed by atoms with van der Waals surface area (Å²) in [7, 11) is 0. The highest BCUT2D eigenvalue weighted by Gasteiger charge is 2.26. The molecule has 0 saturated heterocycles. The van der Waals surface area contributed by atoms with Gasteiger partial charge in [0.15, 0.2) is 0 Å². The number of amides is 2. The van der Waals surface area contributed by atoms with Crippen LogP contribution < -0.4 is 21.9 Å². The highest BCUT2D eigenvalue weighted by Crippen LogP contribution is 2.07. The molecule has 1 rings (SSSR count). The minimum atomic E-state index is -0.710. The number of nitrogens with two attached hydrogens (primary N) is 1. The molecule has 0 heterocycles. The molecule has 7 heteroatoms. The van der Waals surface area contributed by atoms with E-state index in [2.05, 4.69) is 16.1 Å². The zero-order valence-electron chi connectivity index (χ0n) is 15.0. The minimum absolute atomic E-state index is 0.0497. The Bertz CT molecular complexity index is 575. The Labute approximate surface area is 148 Å². The SMILES string of the molecule is CC(=O)CNC(=O)C(CC(C)C)NC(=O)C(Cc1ccccc1)NN. The van der Waals surface area contributed by atoms with Crippen LogP contribution in [0.25, 0.3) is 0 Å². The fraction of sp³-hybridized carbons (Fsp3) is 0.500. The number of hydrazine groups is 1. The molecule has 0 bridgehead atoms. The molecule has 25 heavy (non-hydrogen) atoms. The fourth-order valence-corrected chi connectivity index (χ4v) is 2.39. The Morgan fingerprint density at radius 2 is 1.68 bits per heavy atom. The lowest BCUT2D eigenvalue weighted by Crippen LogP contribution is -2.55. The second kappa shape index (κ2) is 10.6. The van der Waals surface area contributed by atoms with Crippen LogP contribution in [0.5, 0.6) is 0 Å². The smallest absolute Gasteiger partial charge is 0.242 e. The summed E-state index contributed by atoms with van der Waals surface area (Å²) in [5.41, 5.74) is 3.46.